The van der Waals surface area contributed by atoms with Crippen LogP contribution in [0.5, 0.6) is 0 Å². The van der Waals surface area contributed by atoms with Crippen molar-refractivity contribution in [3.63, 3.8) is 0 Å². The van der Waals surface area contributed by atoms with Crippen LogP contribution in [0.25, 0.3) is 0 Å². The van der Waals surface area contributed by atoms with Crippen LogP contribution in [-0.4, -0.2) is 46.6 Å². The lowest BCUT2D eigenvalue weighted by atomic mass is 10.0. The minimum absolute atomic E-state index is 0.250. The Balaban J connectivity index is 3.53. The van der Waals surface area contributed by atoms with Crippen molar-refractivity contribution in [2.75, 3.05) is 6.61 Å². The Bertz CT molecular complexity index is 962. The number of carbonyl (C=O) groups excluding carboxylic acids is 3. The normalized spacial score (nSPS) is 12.7. The molecular formula is C55H104O6. The predicted octanol–water partition coefficient (Wildman–Crippen LogP) is 16.5. The molecule has 0 fully saturated rings. The Morgan fingerprint density at radius 1 is 0.393 bits per heavy atom. The van der Waals surface area contributed by atoms with Crippen molar-refractivity contribution in [3.05, 3.63) is 12.2 Å². The Morgan fingerprint density at radius 2 is 0.672 bits per heavy atom. The van der Waals surface area contributed by atoms with Crippen LogP contribution in [-0.2, 0) is 19.1 Å². The van der Waals surface area contributed by atoms with E-state index < -0.39 is 24.8 Å². The zero-order chi connectivity index (χ0) is 44.5. The van der Waals surface area contributed by atoms with Crippen molar-refractivity contribution in [2.24, 2.45) is 0 Å². The van der Waals surface area contributed by atoms with E-state index in [0.717, 1.165) is 70.6 Å². The van der Waals surface area contributed by atoms with Crippen LogP contribution >= 0.6 is 0 Å². The Hall–Kier alpha value is -1.53. The fourth-order valence-electron chi connectivity index (χ4n) is 8.51. The van der Waals surface area contributed by atoms with Crippen LogP contribution < -0.4 is 0 Å². The molecule has 360 valence electrons. The molecule has 0 aliphatic carbocycles. The molecule has 6 nitrogen and oxygen atoms in total. The average Bonchev–Trinajstić information content (AvgIpc) is 3.26. The molecule has 0 aromatic rings. The van der Waals surface area contributed by atoms with Crippen molar-refractivity contribution in [2.45, 2.75) is 315 Å². The first-order chi connectivity index (χ1) is 30.0. The lowest BCUT2D eigenvalue weighted by Crippen LogP contribution is -2.40. The summed E-state index contributed by atoms with van der Waals surface area (Å²) < 4.78 is 5.29. The molecule has 0 aliphatic rings. The van der Waals surface area contributed by atoms with Gasteiger partial charge in [0.1, 0.15) is 5.78 Å². The van der Waals surface area contributed by atoms with Gasteiger partial charge in [-0.15, -0.1) is 0 Å². The summed E-state index contributed by atoms with van der Waals surface area (Å²) in [6.07, 6.45) is 55.0. The van der Waals surface area contributed by atoms with Gasteiger partial charge < -0.3 is 14.9 Å². The summed E-state index contributed by atoms with van der Waals surface area (Å²) in [5, 5.41) is 20.1. The highest BCUT2D eigenvalue weighted by Crippen LogP contribution is 2.18. The molecule has 0 aliphatic heterocycles. The van der Waals surface area contributed by atoms with E-state index in [1.807, 2.05) is 0 Å². The van der Waals surface area contributed by atoms with E-state index in [-0.39, 0.29) is 18.6 Å². The summed E-state index contributed by atoms with van der Waals surface area (Å²) in [7, 11) is 0. The first kappa shape index (κ1) is 59.5. The number of ether oxygens (including phenoxy) is 1. The van der Waals surface area contributed by atoms with Gasteiger partial charge in [0.05, 0.1) is 6.61 Å². The van der Waals surface area contributed by atoms with Crippen molar-refractivity contribution in [1.82, 2.24) is 0 Å². The predicted molar refractivity (Wildman–Crippen MR) is 261 cm³/mol. The number of unbranched alkanes of at least 4 members (excludes halogenated alkanes) is 37. The zero-order valence-electron chi connectivity index (χ0n) is 40.9. The van der Waals surface area contributed by atoms with Crippen LogP contribution in [0.1, 0.15) is 303 Å². The number of allylic oxidation sites excluding steroid dienone is 2. The topological polar surface area (TPSA) is 101 Å². The van der Waals surface area contributed by atoms with Crippen molar-refractivity contribution < 1.29 is 29.3 Å². The number of hydrogen-bond acceptors (Lipinski definition) is 6. The number of carbonyl (C=O) groups is 3. The monoisotopic (exact) mass is 861 g/mol. The highest BCUT2D eigenvalue weighted by molar-refractivity contribution is 5.84. The van der Waals surface area contributed by atoms with Crippen LogP contribution in [0.15, 0.2) is 12.2 Å². The maximum absolute atomic E-state index is 12.5. The number of aliphatic hydroxyl groups is 2. The van der Waals surface area contributed by atoms with Gasteiger partial charge in [0.25, 0.3) is 0 Å². The van der Waals surface area contributed by atoms with Crippen LogP contribution in [0.2, 0.25) is 0 Å². The van der Waals surface area contributed by atoms with E-state index in [0.29, 0.717) is 12.2 Å². The lowest BCUT2D eigenvalue weighted by molar-refractivity contribution is -0.161. The SMILES string of the molecule is CCCCCCCC/C=C\CCCCCCCC(=O)OC(CO)C(O)C(=O)CCCCCCCCCCCCCCCCCC(=O)CCCCCCCCCCCCCCC. The molecule has 0 aromatic carbocycles. The molecule has 0 bridgehead atoms. The number of aliphatic hydroxyl groups excluding tert-OH is 2. The molecule has 0 radical (unpaired) electrons. The fraction of sp³-hybridized carbons (Fsp3) is 0.909. The van der Waals surface area contributed by atoms with E-state index in [1.54, 1.807) is 0 Å². The third-order valence-corrected chi connectivity index (χ3v) is 12.7. The van der Waals surface area contributed by atoms with Crippen LogP contribution in [0.3, 0.4) is 0 Å². The number of ketones is 2. The number of hydrogen-bond donors (Lipinski definition) is 2. The average molecular weight is 861 g/mol. The highest BCUT2D eigenvalue weighted by Gasteiger charge is 2.28. The summed E-state index contributed by atoms with van der Waals surface area (Å²) in [6.45, 7) is 3.99. The molecule has 2 N–H and O–H groups in total. The molecule has 0 saturated heterocycles. The molecule has 61 heavy (non-hydrogen) atoms. The minimum Gasteiger partial charge on any atom is -0.457 e. The van der Waals surface area contributed by atoms with Gasteiger partial charge in [-0.05, 0) is 51.4 Å². The molecule has 6 heteroatoms. The molecule has 0 amide bonds. The van der Waals surface area contributed by atoms with Crippen LogP contribution in [0, 0.1) is 0 Å². The largest absolute Gasteiger partial charge is 0.457 e. The molecule has 0 heterocycles. The summed E-state index contributed by atoms with van der Waals surface area (Å²) in [5.74, 6) is -0.312. The summed E-state index contributed by atoms with van der Waals surface area (Å²) in [4.78, 5) is 37.1. The van der Waals surface area contributed by atoms with Crippen molar-refractivity contribution >= 4 is 17.5 Å². The van der Waals surface area contributed by atoms with E-state index in [2.05, 4.69) is 26.0 Å². The third-order valence-electron chi connectivity index (χ3n) is 12.7. The molecular weight excluding hydrogens is 757 g/mol. The fourth-order valence-corrected chi connectivity index (χ4v) is 8.51. The minimum atomic E-state index is -1.46. The van der Waals surface area contributed by atoms with Gasteiger partial charge >= 0.3 is 5.97 Å². The third kappa shape index (κ3) is 44.9. The standard InChI is InChI=1S/C55H104O6/c1-3-5-7-9-11-13-15-17-19-25-29-33-37-41-45-49-54(59)61-53(50-56)55(60)52(58)48-44-40-36-32-28-24-21-18-20-23-27-31-35-39-43-47-51(57)46-42-38-34-30-26-22-16-14-12-10-8-6-4-2/h17,19,53,55-56,60H,3-16,18,20-50H2,1-2H3/b19-17-. The van der Waals surface area contributed by atoms with Gasteiger partial charge in [-0.2, -0.15) is 0 Å². The van der Waals surface area contributed by atoms with Gasteiger partial charge in [0, 0.05) is 25.7 Å². The van der Waals surface area contributed by atoms with Crippen LogP contribution in [0.4, 0.5) is 0 Å². The Kier molecular flexibility index (Phi) is 48.2. The maximum atomic E-state index is 12.5. The first-order valence-electron chi connectivity index (χ1n) is 27.1. The Labute approximate surface area is 379 Å². The van der Waals surface area contributed by atoms with Gasteiger partial charge in [-0.25, -0.2) is 0 Å². The molecule has 0 rings (SSSR count). The van der Waals surface area contributed by atoms with E-state index in [4.69, 9.17) is 4.74 Å². The second-order valence-electron chi connectivity index (χ2n) is 18.8. The van der Waals surface area contributed by atoms with Crippen molar-refractivity contribution in [3.8, 4) is 0 Å². The van der Waals surface area contributed by atoms with E-state index in [1.165, 1.54) is 199 Å². The second-order valence-corrected chi connectivity index (χ2v) is 18.8. The number of Topliss-reactive ketones (excluding diaryl/α,β-unsaturated/α-hetero) is 2. The van der Waals surface area contributed by atoms with Gasteiger partial charge in [-0.3, -0.25) is 14.4 Å². The van der Waals surface area contributed by atoms with Gasteiger partial charge in [0.2, 0.25) is 0 Å². The molecule has 0 spiro atoms. The van der Waals surface area contributed by atoms with E-state index >= 15 is 0 Å². The van der Waals surface area contributed by atoms with Gasteiger partial charge in [0.15, 0.2) is 18.0 Å². The quantitative estimate of drug-likeness (QED) is 0.0359. The van der Waals surface area contributed by atoms with Crippen molar-refractivity contribution in [1.29, 1.82) is 0 Å². The number of rotatable bonds is 51. The smallest absolute Gasteiger partial charge is 0.306 e. The van der Waals surface area contributed by atoms with Gasteiger partial charge in [-0.1, -0.05) is 238 Å². The molecule has 0 saturated carbocycles. The number of esters is 1. The summed E-state index contributed by atoms with van der Waals surface area (Å²) >= 11 is 0. The maximum Gasteiger partial charge on any atom is 0.306 e. The Morgan fingerprint density at radius 3 is 1.00 bits per heavy atom. The highest BCUT2D eigenvalue weighted by atomic mass is 16.6. The molecule has 2 unspecified atom stereocenters. The summed E-state index contributed by atoms with van der Waals surface area (Å²) in [6, 6.07) is 0. The molecule has 0 aromatic heterocycles. The lowest BCUT2D eigenvalue weighted by Gasteiger charge is -2.20. The zero-order valence-corrected chi connectivity index (χ0v) is 40.9. The summed E-state index contributed by atoms with van der Waals surface area (Å²) in [5.41, 5.74) is 0. The molecule has 2 atom stereocenters. The first-order valence-corrected chi connectivity index (χ1v) is 27.1. The second kappa shape index (κ2) is 49.5. The van der Waals surface area contributed by atoms with E-state index in [9.17, 15) is 24.6 Å².